The van der Waals surface area contributed by atoms with Gasteiger partial charge in [-0.1, -0.05) is 11.6 Å². The second kappa shape index (κ2) is 6.38. The maximum absolute atomic E-state index is 11.9. The number of nitrogens with zero attached hydrogens (tertiary/aromatic N) is 3. The maximum Gasteiger partial charge on any atom is 0.326 e. The third kappa shape index (κ3) is 3.19. The van der Waals surface area contributed by atoms with E-state index in [-0.39, 0.29) is 12.5 Å². The highest BCUT2D eigenvalue weighted by Crippen LogP contribution is 2.25. The molecule has 0 atom stereocenters. The second-order valence-corrected chi connectivity index (χ2v) is 5.63. The number of fused-ring (bicyclic) bond motifs is 1. The van der Waals surface area contributed by atoms with E-state index in [1.165, 1.54) is 0 Å². The third-order valence-electron chi connectivity index (χ3n) is 3.42. The van der Waals surface area contributed by atoms with Gasteiger partial charge in [-0.3, -0.25) is 9.36 Å². The number of ether oxygens (including phenoxy) is 1. The second-order valence-electron chi connectivity index (χ2n) is 5.19. The molecule has 0 amide bonds. The molecule has 0 bridgehead atoms. The van der Waals surface area contributed by atoms with Gasteiger partial charge >= 0.3 is 5.97 Å². The first-order chi connectivity index (χ1) is 11.1. The average Bonchev–Trinajstić information content (AvgIpc) is 2.86. The van der Waals surface area contributed by atoms with Crippen LogP contribution >= 0.6 is 11.6 Å². The van der Waals surface area contributed by atoms with Crippen molar-refractivity contribution in [2.45, 2.75) is 20.4 Å². The standard InChI is InChI=1S/C17H16ClN3O2/c1-3-23-15(22)10-21-16(12-4-6-13(18)7-5-12)20-14-8-11(2)9-19-17(14)21/h4-9H,3,10H2,1-2H3. The SMILES string of the molecule is CCOC(=O)Cn1c(-c2ccc(Cl)cc2)nc2cc(C)cnc21. The highest BCUT2D eigenvalue weighted by atomic mass is 35.5. The lowest BCUT2D eigenvalue weighted by Crippen LogP contribution is -2.14. The lowest BCUT2D eigenvalue weighted by atomic mass is 10.2. The van der Waals surface area contributed by atoms with E-state index in [1.807, 2.05) is 25.1 Å². The van der Waals surface area contributed by atoms with Crippen molar-refractivity contribution in [2.75, 3.05) is 6.61 Å². The molecule has 2 aromatic heterocycles. The number of imidazole rings is 1. The van der Waals surface area contributed by atoms with Gasteiger partial charge in [0.15, 0.2) is 5.65 Å². The normalized spacial score (nSPS) is 10.9. The molecule has 0 saturated carbocycles. The smallest absolute Gasteiger partial charge is 0.326 e. The Hall–Kier alpha value is -2.40. The number of carbonyl (C=O) groups is 1. The number of rotatable bonds is 4. The summed E-state index contributed by atoms with van der Waals surface area (Å²) in [4.78, 5) is 21.0. The number of aryl methyl sites for hydroxylation is 1. The summed E-state index contributed by atoms with van der Waals surface area (Å²) < 4.78 is 6.84. The molecule has 23 heavy (non-hydrogen) atoms. The number of pyridine rings is 1. The highest BCUT2D eigenvalue weighted by molar-refractivity contribution is 6.30. The number of hydrogen-bond donors (Lipinski definition) is 0. The molecule has 0 fully saturated rings. The predicted octanol–water partition coefficient (Wildman–Crippen LogP) is 3.62. The molecule has 0 unspecified atom stereocenters. The molecular formula is C17H16ClN3O2. The Morgan fingerprint density at radius 2 is 2.04 bits per heavy atom. The minimum Gasteiger partial charge on any atom is -0.465 e. The largest absolute Gasteiger partial charge is 0.465 e. The Kier molecular flexibility index (Phi) is 4.30. The predicted molar refractivity (Wildman–Crippen MR) is 89.3 cm³/mol. The zero-order valence-electron chi connectivity index (χ0n) is 12.9. The van der Waals surface area contributed by atoms with Gasteiger partial charge in [0, 0.05) is 16.8 Å². The number of hydrogen-bond acceptors (Lipinski definition) is 4. The van der Waals surface area contributed by atoms with Crippen molar-refractivity contribution in [1.29, 1.82) is 0 Å². The molecule has 0 spiro atoms. The van der Waals surface area contributed by atoms with Crippen LogP contribution in [-0.2, 0) is 16.1 Å². The lowest BCUT2D eigenvalue weighted by molar-refractivity contribution is -0.143. The molecule has 3 rings (SSSR count). The summed E-state index contributed by atoms with van der Waals surface area (Å²) in [7, 11) is 0. The summed E-state index contributed by atoms with van der Waals surface area (Å²) >= 11 is 5.95. The Balaban J connectivity index is 2.14. The van der Waals surface area contributed by atoms with Crippen molar-refractivity contribution >= 4 is 28.7 Å². The fourth-order valence-electron chi connectivity index (χ4n) is 2.42. The fourth-order valence-corrected chi connectivity index (χ4v) is 2.54. The summed E-state index contributed by atoms with van der Waals surface area (Å²) in [5, 5.41) is 0.649. The number of aromatic nitrogens is 3. The minimum absolute atomic E-state index is 0.0678. The molecule has 1 aromatic carbocycles. The molecule has 0 saturated heterocycles. The number of carbonyl (C=O) groups excluding carboxylic acids is 1. The third-order valence-corrected chi connectivity index (χ3v) is 3.67. The van der Waals surface area contributed by atoms with Gasteiger partial charge in [0.1, 0.15) is 17.9 Å². The maximum atomic E-state index is 11.9. The van der Waals surface area contributed by atoms with Crippen LogP contribution in [0.25, 0.3) is 22.6 Å². The number of benzene rings is 1. The molecule has 0 aliphatic rings. The van der Waals surface area contributed by atoms with Gasteiger partial charge < -0.3 is 4.74 Å². The number of esters is 1. The van der Waals surface area contributed by atoms with Crippen LogP contribution in [0.5, 0.6) is 0 Å². The molecule has 5 nitrogen and oxygen atoms in total. The molecule has 0 aliphatic carbocycles. The Bertz CT molecular complexity index is 856. The van der Waals surface area contributed by atoms with E-state index in [9.17, 15) is 4.79 Å². The Morgan fingerprint density at radius 1 is 1.30 bits per heavy atom. The van der Waals surface area contributed by atoms with Crippen LogP contribution in [0.2, 0.25) is 5.02 Å². The van der Waals surface area contributed by atoms with Gasteiger partial charge in [-0.15, -0.1) is 0 Å². The summed E-state index contributed by atoms with van der Waals surface area (Å²) in [6.07, 6.45) is 1.76. The van der Waals surface area contributed by atoms with E-state index in [0.29, 0.717) is 23.1 Å². The molecule has 0 radical (unpaired) electrons. The zero-order chi connectivity index (χ0) is 16.4. The summed E-state index contributed by atoms with van der Waals surface area (Å²) in [5.74, 6) is 0.354. The average molecular weight is 330 g/mol. The summed E-state index contributed by atoms with van der Waals surface area (Å²) in [6.45, 7) is 4.15. The molecule has 3 aromatic rings. The first-order valence-electron chi connectivity index (χ1n) is 7.33. The van der Waals surface area contributed by atoms with Crippen molar-refractivity contribution in [1.82, 2.24) is 14.5 Å². The first-order valence-corrected chi connectivity index (χ1v) is 7.70. The van der Waals surface area contributed by atoms with Crippen molar-refractivity contribution in [2.24, 2.45) is 0 Å². The zero-order valence-corrected chi connectivity index (χ0v) is 13.7. The van der Waals surface area contributed by atoms with Gasteiger partial charge in [0.05, 0.1) is 6.61 Å². The molecule has 0 aliphatic heterocycles. The summed E-state index contributed by atoms with van der Waals surface area (Å²) in [5.41, 5.74) is 3.29. The van der Waals surface area contributed by atoms with Crippen molar-refractivity contribution in [3.63, 3.8) is 0 Å². The van der Waals surface area contributed by atoms with Gasteiger partial charge in [0.2, 0.25) is 0 Å². The number of halogens is 1. The quantitative estimate of drug-likeness (QED) is 0.686. The van der Waals surface area contributed by atoms with Crippen LogP contribution in [0.4, 0.5) is 0 Å². The van der Waals surface area contributed by atoms with Gasteiger partial charge in [-0.05, 0) is 49.7 Å². The van der Waals surface area contributed by atoms with E-state index < -0.39 is 0 Å². The molecule has 6 heteroatoms. The van der Waals surface area contributed by atoms with Crippen LogP contribution in [0.15, 0.2) is 36.5 Å². The first kappa shape index (κ1) is 15.5. The molecule has 0 N–H and O–H groups in total. The van der Waals surface area contributed by atoms with E-state index in [2.05, 4.69) is 9.97 Å². The molecule has 2 heterocycles. The summed E-state index contributed by atoms with van der Waals surface area (Å²) in [6, 6.07) is 9.28. The molecule has 118 valence electrons. The Morgan fingerprint density at radius 3 is 2.74 bits per heavy atom. The van der Waals surface area contributed by atoms with Crippen molar-refractivity contribution in [3.8, 4) is 11.4 Å². The van der Waals surface area contributed by atoms with Crippen LogP contribution in [-0.4, -0.2) is 27.1 Å². The van der Waals surface area contributed by atoms with E-state index >= 15 is 0 Å². The minimum atomic E-state index is -0.315. The van der Waals surface area contributed by atoms with Crippen LogP contribution in [0.1, 0.15) is 12.5 Å². The van der Waals surface area contributed by atoms with Gasteiger partial charge in [0.25, 0.3) is 0 Å². The van der Waals surface area contributed by atoms with Crippen LogP contribution in [0, 0.1) is 6.92 Å². The fraction of sp³-hybridized carbons (Fsp3) is 0.235. The van der Waals surface area contributed by atoms with Gasteiger partial charge in [-0.2, -0.15) is 0 Å². The highest BCUT2D eigenvalue weighted by Gasteiger charge is 2.17. The topological polar surface area (TPSA) is 57.0 Å². The van der Waals surface area contributed by atoms with E-state index in [0.717, 1.165) is 16.6 Å². The van der Waals surface area contributed by atoms with Gasteiger partial charge in [-0.25, -0.2) is 9.97 Å². The Labute approximate surface area is 138 Å². The van der Waals surface area contributed by atoms with Crippen LogP contribution < -0.4 is 0 Å². The van der Waals surface area contributed by atoms with Crippen LogP contribution in [0.3, 0.4) is 0 Å². The van der Waals surface area contributed by atoms with E-state index in [4.69, 9.17) is 16.3 Å². The van der Waals surface area contributed by atoms with Crippen molar-refractivity contribution in [3.05, 3.63) is 47.1 Å². The molecular weight excluding hydrogens is 314 g/mol. The lowest BCUT2D eigenvalue weighted by Gasteiger charge is -2.08. The van der Waals surface area contributed by atoms with E-state index in [1.54, 1.807) is 29.8 Å². The van der Waals surface area contributed by atoms with Crippen molar-refractivity contribution < 1.29 is 9.53 Å². The monoisotopic (exact) mass is 329 g/mol.